The van der Waals surface area contributed by atoms with Crippen LogP contribution in [0.2, 0.25) is 0 Å². The topological polar surface area (TPSA) is 101 Å². The van der Waals surface area contributed by atoms with Crippen molar-refractivity contribution in [2.45, 2.75) is 45.2 Å². The second-order valence-corrected chi connectivity index (χ2v) is 4.68. The first-order chi connectivity index (χ1) is 7.90. The fourth-order valence-electron chi connectivity index (χ4n) is 1.53. The van der Waals surface area contributed by atoms with Gasteiger partial charge in [-0.05, 0) is 12.3 Å². The van der Waals surface area contributed by atoms with Crippen LogP contribution in [-0.2, 0) is 14.4 Å². The zero-order valence-electron chi connectivity index (χ0n) is 10.2. The number of amides is 3. The van der Waals surface area contributed by atoms with E-state index in [2.05, 4.69) is 10.6 Å². The van der Waals surface area contributed by atoms with E-state index in [1.807, 2.05) is 13.8 Å². The highest BCUT2D eigenvalue weighted by molar-refractivity contribution is 6.01. The maximum atomic E-state index is 11.6. The number of nitrogens with one attached hydrogen (secondary N) is 2. The minimum absolute atomic E-state index is 0.190. The Morgan fingerprint density at radius 2 is 2.18 bits per heavy atom. The Labute approximate surface area is 100 Å². The molecule has 3 amide bonds. The quantitative estimate of drug-likeness (QED) is 0.565. The molecule has 0 aromatic rings. The molecule has 1 heterocycles. The fraction of sp³-hybridized carbons (Fsp3) is 0.727. The van der Waals surface area contributed by atoms with Crippen molar-refractivity contribution in [3.8, 4) is 0 Å². The van der Waals surface area contributed by atoms with E-state index in [1.165, 1.54) is 0 Å². The van der Waals surface area contributed by atoms with E-state index in [-0.39, 0.29) is 36.6 Å². The predicted molar refractivity (Wildman–Crippen MR) is 61.7 cm³/mol. The minimum Gasteiger partial charge on any atom is -0.344 e. The first kappa shape index (κ1) is 13.6. The molecule has 1 aliphatic heterocycles. The van der Waals surface area contributed by atoms with Gasteiger partial charge in [-0.15, -0.1) is 0 Å². The van der Waals surface area contributed by atoms with E-state index >= 15 is 0 Å². The molecule has 0 aliphatic carbocycles. The monoisotopic (exact) mass is 241 g/mol. The number of imide groups is 1. The van der Waals surface area contributed by atoms with Crippen LogP contribution >= 0.6 is 0 Å². The second-order valence-electron chi connectivity index (χ2n) is 4.68. The van der Waals surface area contributed by atoms with Gasteiger partial charge >= 0.3 is 0 Å². The number of carbonyl (C=O) groups is 3. The molecule has 2 unspecified atom stereocenters. The SMILES string of the molecule is CC(C)C(N)CC(=O)NC1CCC(=O)NC1=O. The summed E-state index contributed by atoms with van der Waals surface area (Å²) in [5.74, 6) is -0.768. The van der Waals surface area contributed by atoms with Crippen molar-refractivity contribution in [3.63, 3.8) is 0 Å². The Kier molecular flexibility index (Phi) is 4.62. The summed E-state index contributed by atoms with van der Waals surface area (Å²) < 4.78 is 0. The maximum Gasteiger partial charge on any atom is 0.249 e. The molecular formula is C11H19N3O3. The number of hydrogen-bond donors (Lipinski definition) is 3. The van der Waals surface area contributed by atoms with Gasteiger partial charge in [0.15, 0.2) is 0 Å². The van der Waals surface area contributed by atoms with Crippen molar-refractivity contribution >= 4 is 17.7 Å². The van der Waals surface area contributed by atoms with Gasteiger partial charge in [-0.1, -0.05) is 13.8 Å². The van der Waals surface area contributed by atoms with Crippen molar-refractivity contribution in [3.05, 3.63) is 0 Å². The van der Waals surface area contributed by atoms with Gasteiger partial charge in [0, 0.05) is 18.9 Å². The lowest BCUT2D eigenvalue weighted by molar-refractivity contribution is -0.137. The Balaban J connectivity index is 2.41. The third-order valence-corrected chi connectivity index (χ3v) is 2.85. The highest BCUT2D eigenvalue weighted by Crippen LogP contribution is 2.06. The van der Waals surface area contributed by atoms with Crippen LogP contribution in [0, 0.1) is 5.92 Å². The third-order valence-electron chi connectivity index (χ3n) is 2.85. The van der Waals surface area contributed by atoms with E-state index in [9.17, 15) is 14.4 Å². The van der Waals surface area contributed by atoms with Crippen molar-refractivity contribution in [2.24, 2.45) is 11.7 Å². The average molecular weight is 241 g/mol. The molecule has 1 fully saturated rings. The predicted octanol–water partition coefficient (Wildman–Crippen LogP) is -0.719. The highest BCUT2D eigenvalue weighted by Gasteiger charge is 2.28. The van der Waals surface area contributed by atoms with Gasteiger partial charge in [0.05, 0.1) is 0 Å². The Morgan fingerprint density at radius 3 is 2.71 bits per heavy atom. The largest absolute Gasteiger partial charge is 0.344 e. The Bertz CT molecular complexity index is 328. The van der Waals surface area contributed by atoms with Gasteiger partial charge in [-0.3, -0.25) is 19.7 Å². The molecule has 6 heteroatoms. The second kappa shape index (κ2) is 5.77. The van der Waals surface area contributed by atoms with Gasteiger partial charge in [0.2, 0.25) is 17.7 Å². The molecular weight excluding hydrogens is 222 g/mol. The number of hydrogen-bond acceptors (Lipinski definition) is 4. The lowest BCUT2D eigenvalue weighted by Gasteiger charge is -2.23. The normalized spacial score (nSPS) is 22.2. The average Bonchev–Trinajstić information content (AvgIpc) is 2.22. The van der Waals surface area contributed by atoms with E-state index in [0.29, 0.717) is 6.42 Å². The van der Waals surface area contributed by atoms with E-state index < -0.39 is 11.9 Å². The number of piperidine rings is 1. The standard InChI is InChI=1S/C11H19N3O3/c1-6(2)7(12)5-10(16)13-8-3-4-9(15)14-11(8)17/h6-8H,3-5,12H2,1-2H3,(H,13,16)(H,14,15,17). The van der Waals surface area contributed by atoms with Crippen LogP contribution in [0.4, 0.5) is 0 Å². The highest BCUT2D eigenvalue weighted by atomic mass is 16.2. The zero-order chi connectivity index (χ0) is 13.0. The fourth-order valence-corrected chi connectivity index (χ4v) is 1.53. The maximum absolute atomic E-state index is 11.6. The number of rotatable bonds is 4. The third kappa shape index (κ3) is 4.14. The molecule has 96 valence electrons. The number of carbonyl (C=O) groups excluding carboxylic acids is 3. The van der Waals surface area contributed by atoms with Crippen molar-refractivity contribution in [2.75, 3.05) is 0 Å². The van der Waals surface area contributed by atoms with Crippen molar-refractivity contribution in [1.82, 2.24) is 10.6 Å². The molecule has 0 aromatic carbocycles. The summed E-state index contributed by atoms with van der Waals surface area (Å²) in [6.07, 6.45) is 0.801. The first-order valence-corrected chi connectivity index (χ1v) is 5.78. The minimum atomic E-state index is -0.612. The molecule has 0 aromatic heterocycles. The molecule has 0 saturated carbocycles. The zero-order valence-corrected chi connectivity index (χ0v) is 10.2. The molecule has 17 heavy (non-hydrogen) atoms. The summed E-state index contributed by atoms with van der Waals surface area (Å²) >= 11 is 0. The van der Waals surface area contributed by atoms with Gasteiger partial charge < -0.3 is 11.1 Å². The summed E-state index contributed by atoms with van der Waals surface area (Å²) in [6.45, 7) is 3.87. The lowest BCUT2D eigenvalue weighted by atomic mass is 10.0. The molecule has 1 saturated heterocycles. The van der Waals surface area contributed by atoms with Gasteiger partial charge in [-0.2, -0.15) is 0 Å². The van der Waals surface area contributed by atoms with Gasteiger partial charge in [0.25, 0.3) is 0 Å². The molecule has 0 bridgehead atoms. The number of nitrogens with two attached hydrogens (primary N) is 1. The van der Waals surface area contributed by atoms with Gasteiger partial charge in [0.1, 0.15) is 6.04 Å². The summed E-state index contributed by atoms with van der Waals surface area (Å²) in [6, 6.07) is -0.831. The van der Waals surface area contributed by atoms with Crippen LogP contribution in [0.25, 0.3) is 0 Å². The summed E-state index contributed by atoms with van der Waals surface area (Å²) in [5.41, 5.74) is 5.76. The molecule has 0 spiro atoms. The molecule has 1 aliphatic rings. The summed E-state index contributed by atoms with van der Waals surface area (Å²) in [7, 11) is 0. The molecule has 0 radical (unpaired) electrons. The van der Waals surface area contributed by atoms with Crippen molar-refractivity contribution < 1.29 is 14.4 Å². The van der Waals surface area contributed by atoms with Crippen LogP contribution in [0.15, 0.2) is 0 Å². The first-order valence-electron chi connectivity index (χ1n) is 5.78. The summed E-state index contributed by atoms with van der Waals surface area (Å²) in [5, 5.41) is 4.78. The van der Waals surface area contributed by atoms with E-state index in [4.69, 9.17) is 5.73 Å². The van der Waals surface area contributed by atoms with Crippen LogP contribution < -0.4 is 16.4 Å². The summed E-state index contributed by atoms with van der Waals surface area (Å²) in [4.78, 5) is 33.9. The molecule has 4 N–H and O–H groups in total. The van der Waals surface area contributed by atoms with Crippen LogP contribution in [0.5, 0.6) is 0 Å². The molecule has 1 rings (SSSR count). The van der Waals surface area contributed by atoms with E-state index in [0.717, 1.165) is 0 Å². The lowest BCUT2D eigenvalue weighted by Crippen LogP contribution is -2.53. The van der Waals surface area contributed by atoms with Crippen molar-refractivity contribution in [1.29, 1.82) is 0 Å². The molecule has 2 atom stereocenters. The molecule has 6 nitrogen and oxygen atoms in total. The Hall–Kier alpha value is -1.43. The Morgan fingerprint density at radius 1 is 1.53 bits per heavy atom. The van der Waals surface area contributed by atoms with Gasteiger partial charge in [-0.25, -0.2) is 0 Å². The van der Waals surface area contributed by atoms with Crippen LogP contribution in [0.3, 0.4) is 0 Å². The van der Waals surface area contributed by atoms with Crippen LogP contribution in [-0.4, -0.2) is 29.8 Å². The smallest absolute Gasteiger partial charge is 0.249 e. The van der Waals surface area contributed by atoms with E-state index in [1.54, 1.807) is 0 Å². The van der Waals surface area contributed by atoms with Crippen LogP contribution in [0.1, 0.15) is 33.1 Å².